The van der Waals surface area contributed by atoms with Crippen LogP contribution in [0.4, 0.5) is 10.1 Å². The summed E-state index contributed by atoms with van der Waals surface area (Å²) in [5, 5.41) is 9.18. The molecule has 6 heteroatoms. The first-order chi connectivity index (χ1) is 7.50. The molecule has 0 saturated carbocycles. The van der Waals surface area contributed by atoms with Crippen LogP contribution in [-0.2, 0) is 4.79 Å². The Balaban J connectivity index is 2.42. The second kappa shape index (κ2) is 4.20. The molecule has 1 atom stereocenters. The highest BCUT2D eigenvalue weighted by molar-refractivity contribution is 6.42. The van der Waals surface area contributed by atoms with Crippen molar-refractivity contribution in [3.63, 3.8) is 0 Å². The van der Waals surface area contributed by atoms with Crippen LogP contribution in [0.1, 0.15) is 6.42 Å². The summed E-state index contributed by atoms with van der Waals surface area (Å²) in [4.78, 5) is 12.6. The number of benzene rings is 1. The lowest BCUT2D eigenvalue weighted by molar-refractivity contribution is -0.117. The number of aliphatic hydroxyl groups excluding tert-OH is 1. The van der Waals surface area contributed by atoms with Crippen molar-refractivity contribution in [2.24, 2.45) is 0 Å². The van der Waals surface area contributed by atoms with Crippen LogP contribution in [0, 0.1) is 5.82 Å². The van der Waals surface area contributed by atoms with Crippen molar-refractivity contribution in [1.82, 2.24) is 0 Å². The molecule has 1 saturated heterocycles. The molecule has 0 spiro atoms. The minimum absolute atomic E-state index is 0.000312. The second-order valence-electron chi connectivity index (χ2n) is 3.56. The van der Waals surface area contributed by atoms with Crippen molar-refractivity contribution >= 4 is 34.8 Å². The maximum absolute atomic E-state index is 13.7. The average molecular weight is 264 g/mol. The van der Waals surface area contributed by atoms with Crippen LogP contribution >= 0.6 is 23.2 Å². The van der Waals surface area contributed by atoms with E-state index < -0.39 is 11.9 Å². The van der Waals surface area contributed by atoms with Gasteiger partial charge in [0.15, 0.2) is 5.82 Å². The minimum atomic E-state index is -0.763. The monoisotopic (exact) mass is 263 g/mol. The molecule has 1 aliphatic heterocycles. The summed E-state index contributed by atoms with van der Waals surface area (Å²) in [6.07, 6.45) is -0.763. The van der Waals surface area contributed by atoms with Gasteiger partial charge in [0, 0.05) is 0 Å². The van der Waals surface area contributed by atoms with Crippen LogP contribution < -0.4 is 4.90 Å². The molecule has 1 amide bonds. The van der Waals surface area contributed by atoms with Crippen LogP contribution in [-0.4, -0.2) is 23.7 Å². The van der Waals surface area contributed by atoms with Gasteiger partial charge in [0.2, 0.25) is 5.91 Å². The molecule has 1 aromatic rings. The van der Waals surface area contributed by atoms with Crippen molar-refractivity contribution in [3.05, 3.63) is 28.0 Å². The van der Waals surface area contributed by atoms with Gasteiger partial charge in [0.05, 0.1) is 34.8 Å². The Hall–Kier alpha value is -0.840. The molecule has 1 aliphatic rings. The van der Waals surface area contributed by atoms with Crippen LogP contribution in [0.3, 0.4) is 0 Å². The number of hydrogen-bond donors (Lipinski definition) is 1. The summed E-state index contributed by atoms with van der Waals surface area (Å²) in [6, 6.07) is 2.79. The van der Waals surface area contributed by atoms with E-state index in [4.69, 9.17) is 23.2 Å². The fraction of sp³-hybridized carbons (Fsp3) is 0.300. The van der Waals surface area contributed by atoms with Crippen LogP contribution in [0.2, 0.25) is 10.0 Å². The Morgan fingerprint density at radius 1 is 1.44 bits per heavy atom. The summed E-state index contributed by atoms with van der Waals surface area (Å²) < 4.78 is 13.7. The SMILES string of the molecule is O=C1CC(O)CN1c1ccc(Cl)c(Cl)c1F. The van der Waals surface area contributed by atoms with Gasteiger partial charge in [-0.3, -0.25) is 4.79 Å². The third-order valence-corrected chi connectivity index (χ3v) is 3.19. The van der Waals surface area contributed by atoms with Gasteiger partial charge in [-0.25, -0.2) is 4.39 Å². The van der Waals surface area contributed by atoms with Crippen molar-refractivity contribution < 1.29 is 14.3 Å². The highest BCUT2D eigenvalue weighted by Crippen LogP contribution is 2.33. The largest absolute Gasteiger partial charge is 0.391 e. The number of nitrogens with zero attached hydrogens (tertiary/aromatic N) is 1. The van der Waals surface area contributed by atoms with Gasteiger partial charge in [0.1, 0.15) is 0 Å². The van der Waals surface area contributed by atoms with Gasteiger partial charge in [-0.05, 0) is 12.1 Å². The van der Waals surface area contributed by atoms with Crippen LogP contribution in [0.5, 0.6) is 0 Å². The predicted molar refractivity (Wildman–Crippen MR) is 59.4 cm³/mol. The molecule has 0 aliphatic carbocycles. The van der Waals surface area contributed by atoms with Gasteiger partial charge in [-0.2, -0.15) is 0 Å². The minimum Gasteiger partial charge on any atom is -0.391 e. The van der Waals surface area contributed by atoms with Gasteiger partial charge in [-0.15, -0.1) is 0 Å². The van der Waals surface area contributed by atoms with Gasteiger partial charge >= 0.3 is 0 Å². The molecule has 1 unspecified atom stereocenters. The Bertz CT molecular complexity index is 453. The molecule has 1 aromatic carbocycles. The molecule has 1 N–H and O–H groups in total. The second-order valence-corrected chi connectivity index (χ2v) is 4.34. The normalized spacial score (nSPS) is 20.6. The molecule has 0 aromatic heterocycles. The molecule has 3 nitrogen and oxygen atoms in total. The lowest BCUT2D eigenvalue weighted by atomic mass is 10.3. The summed E-state index contributed by atoms with van der Waals surface area (Å²) in [5.41, 5.74) is 0.0518. The lowest BCUT2D eigenvalue weighted by Crippen LogP contribution is -2.26. The van der Waals surface area contributed by atoms with Crippen molar-refractivity contribution in [3.8, 4) is 0 Å². The fourth-order valence-electron chi connectivity index (χ4n) is 1.65. The number of β-amino-alcohol motifs (C(OH)–C–C–N with tert-alkyl or cyclic N) is 1. The first kappa shape index (κ1) is 11.6. The van der Waals surface area contributed by atoms with Crippen LogP contribution in [0.25, 0.3) is 0 Å². The average Bonchev–Trinajstić information content (AvgIpc) is 2.55. The highest BCUT2D eigenvalue weighted by Gasteiger charge is 2.31. The summed E-state index contributed by atoms with van der Waals surface area (Å²) >= 11 is 11.3. The van der Waals surface area contributed by atoms with E-state index in [1.165, 1.54) is 17.0 Å². The molecule has 86 valence electrons. The number of amides is 1. The standard InChI is InChI=1S/C10H8Cl2FNO2/c11-6-1-2-7(10(13)9(6)12)14-4-5(15)3-8(14)16/h1-2,5,15H,3-4H2. The Morgan fingerprint density at radius 3 is 2.69 bits per heavy atom. The van der Waals surface area contributed by atoms with Crippen molar-refractivity contribution in [2.75, 3.05) is 11.4 Å². The highest BCUT2D eigenvalue weighted by atomic mass is 35.5. The molecular weight excluding hydrogens is 256 g/mol. The molecule has 0 radical (unpaired) electrons. The summed E-state index contributed by atoms with van der Waals surface area (Å²) in [7, 11) is 0. The van der Waals surface area contributed by atoms with E-state index in [0.717, 1.165) is 0 Å². The summed E-state index contributed by atoms with van der Waals surface area (Å²) in [5.74, 6) is -1.07. The van der Waals surface area contributed by atoms with E-state index in [2.05, 4.69) is 0 Å². The van der Waals surface area contributed by atoms with E-state index >= 15 is 0 Å². The topological polar surface area (TPSA) is 40.5 Å². The molecule has 16 heavy (non-hydrogen) atoms. The number of anilines is 1. The molecular formula is C10H8Cl2FNO2. The van der Waals surface area contributed by atoms with E-state index in [1.54, 1.807) is 0 Å². The van der Waals surface area contributed by atoms with Gasteiger partial charge in [-0.1, -0.05) is 23.2 Å². The quantitative estimate of drug-likeness (QED) is 0.790. The maximum atomic E-state index is 13.7. The number of hydrogen-bond acceptors (Lipinski definition) is 2. The molecule has 1 fully saturated rings. The zero-order valence-electron chi connectivity index (χ0n) is 8.08. The third kappa shape index (κ3) is 1.88. The molecule has 2 rings (SSSR count). The van der Waals surface area contributed by atoms with E-state index in [-0.39, 0.29) is 34.6 Å². The molecule has 1 heterocycles. The van der Waals surface area contributed by atoms with Gasteiger partial charge < -0.3 is 10.0 Å². The third-order valence-electron chi connectivity index (χ3n) is 2.41. The zero-order chi connectivity index (χ0) is 11.9. The number of rotatable bonds is 1. The number of halogens is 3. The zero-order valence-corrected chi connectivity index (χ0v) is 9.59. The lowest BCUT2D eigenvalue weighted by Gasteiger charge is -2.17. The predicted octanol–water partition coefficient (Wildman–Crippen LogP) is 2.23. The van der Waals surface area contributed by atoms with Crippen molar-refractivity contribution in [1.29, 1.82) is 0 Å². The van der Waals surface area contributed by atoms with E-state index in [0.29, 0.717) is 0 Å². The maximum Gasteiger partial charge on any atom is 0.229 e. The van der Waals surface area contributed by atoms with Crippen molar-refractivity contribution in [2.45, 2.75) is 12.5 Å². The van der Waals surface area contributed by atoms with Crippen LogP contribution in [0.15, 0.2) is 12.1 Å². The Labute approximate surface area is 101 Å². The van der Waals surface area contributed by atoms with E-state index in [9.17, 15) is 14.3 Å². The first-order valence-corrected chi connectivity index (χ1v) is 5.38. The number of carbonyl (C=O) groups is 1. The van der Waals surface area contributed by atoms with Gasteiger partial charge in [0.25, 0.3) is 0 Å². The Morgan fingerprint density at radius 2 is 2.12 bits per heavy atom. The van der Waals surface area contributed by atoms with E-state index in [1.807, 2.05) is 0 Å². The molecule has 0 bridgehead atoms. The smallest absolute Gasteiger partial charge is 0.229 e. The fourth-order valence-corrected chi connectivity index (χ4v) is 1.95. The number of carbonyl (C=O) groups excluding carboxylic acids is 1. The first-order valence-electron chi connectivity index (χ1n) is 4.62. The number of aliphatic hydroxyl groups is 1. The summed E-state index contributed by atoms with van der Waals surface area (Å²) in [6.45, 7) is 0.0771. The Kier molecular flexibility index (Phi) is 3.06.